The minimum atomic E-state index is -2.11. The number of amides is 27. The van der Waals surface area contributed by atoms with Crippen LogP contribution in [0.15, 0.2) is 0 Å². The first kappa shape index (κ1) is 134. The van der Waals surface area contributed by atoms with Crippen molar-refractivity contribution in [1.29, 1.82) is 0 Å². The topological polar surface area (TPSA) is 1060 Å². The highest BCUT2D eigenvalue weighted by Gasteiger charge is 2.43. The number of hydrogen-bond acceptors (Lipinski definition) is 33. The van der Waals surface area contributed by atoms with Crippen molar-refractivity contribution in [1.82, 2.24) is 101 Å². The fourth-order valence-electron chi connectivity index (χ4n) is 13.6. The number of carboxylic acids is 2. The molecule has 0 aliphatic heterocycles. The maximum Gasteiger partial charge on any atom is 0.326 e. The Morgan fingerprint density at radius 3 is 0.840 bits per heavy atom. The van der Waals surface area contributed by atoms with E-state index >= 15 is 0 Å². The SMILES string of the molecule is CC[C@H](C)[C@H](NC(=O)[C@@H](NC(=O)[C@H](CC(N)=O)NC(=O)[C@@H](NC(=O)[C@H](CCC(N)=O)NC(=O)[C@H](C)NC(=O)[C@@H](N)CCC(N)=O)C(C)C)[C@@H](C)O)C(=O)N[C@@H](CCC(N)=O)C(=O)NCC(=O)N[C@@H](CCC(N)=O)C(=O)N[C@H](C(=O)N[C@@H](CO)C(=O)N[C@@H](C)C(=O)N[C@@H](CC(C)C)C(=O)N[C@@H](CCC(N)=O)C(=O)N[C@H](C(=O)N[C@@H](CCC(N)=O)C(=O)N[C@@H](CCC(N)=O)C(=O)N[C@@H](C)C(=O)N[C@@H](CCC(=O)O)C(=O)O)[C@@H](C)O)C(C)C. The van der Waals surface area contributed by atoms with Crippen molar-refractivity contribution in [3.8, 4) is 0 Å². The molecule has 0 saturated heterocycles. The predicted octanol–water partition coefficient (Wildman–Crippen LogP) is -15.9. The van der Waals surface area contributed by atoms with Crippen molar-refractivity contribution in [2.75, 3.05) is 13.2 Å². The molecule has 844 valence electrons. The van der Waals surface area contributed by atoms with Gasteiger partial charge in [-0.3, -0.25) is 134 Å². The van der Waals surface area contributed by atoms with Gasteiger partial charge in [-0.1, -0.05) is 61.8 Å². The third-order valence-electron chi connectivity index (χ3n) is 22.5. The molecule has 0 saturated carbocycles. The lowest BCUT2D eigenvalue weighted by atomic mass is 9.96. The van der Waals surface area contributed by atoms with Gasteiger partial charge >= 0.3 is 11.9 Å². The Labute approximate surface area is 861 Å². The zero-order valence-electron chi connectivity index (χ0n) is 85.6. The largest absolute Gasteiger partial charge is 0.481 e. The molecule has 150 heavy (non-hydrogen) atoms. The van der Waals surface area contributed by atoms with Gasteiger partial charge in [0, 0.05) is 51.4 Å². The first-order valence-electron chi connectivity index (χ1n) is 47.8. The number of nitrogens with two attached hydrogens (primary N) is 9. The van der Waals surface area contributed by atoms with Crippen LogP contribution in [0.25, 0.3) is 0 Å². The molecule has 0 spiro atoms. The second-order valence-electron chi connectivity index (χ2n) is 36.8. The molecule has 0 aliphatic rings. The summed E-state index contributed by atoms with van der Waals surface area (Å²) in [5, 5.41) is 93.9. The molecular formula is C88H148N28O34. The lowest BCUT2D eigenvalue weighted by Gasteiger charge is -2.30. The molecule has 0 radical (unpaired) electrons. The highest BCUT2D eigenvalue weighted by atomic mass is 16.4. The van der Waals surface area contributed by atoms with Crippen molar-refractivity contribution in [3.05, 3.63) is 0 Å². The molecule has 0 bridgehead atoms. The lowest BCUT2D eigenvalue weighted by molar-refractivity contribution is -0.143. The fourth-order valence-corrected chi connectivity index (χ4v) is 13.6. The standard InChI is InChI=1S/C88H148N28O34/c1-14-38(8)67(114-87(148)69(43(13)119)116-81(142)53(32-62(97)127)110-83(144)65(36(4)5)113-78(139)49(20-28-60(95)125)103-70(131)39(9)99-73(134)44(89)15-23-55(90)120)85(146)106-45(16-24-56(91)121)74(135)98-33-63(128)102-46(17-25-57(92)122)77(138)112-66(37(6)7)84(145)111-54(34-117)82(143)101-41(11)72(133)109-52(31-35(2)3)80(141)105-50(21-29-61(96)126)79(140)115-68(42(12)118)86(147)107-48(19-27-59(94)124)76(137)104-47(18-26-58(93)123)75(136)100-40(10)71(132)108-51(88(149)150)22-30-64(129)130/h35-54,65-69,117-119H,14-34,89H2,1-13H3,(H2,90,120)(H2,91,121)(H2,92,122)(H2,93,123)(H2,94,124)(H2,95,125)(H2,96,126)(H2,97,127)(H,98,135)(H,99,134)(H,100,136)(H,101,143)(H,102,128)(H,103,131)(H,104,137)(H,105,141)(H,106,146)(H,107,147)(H,108,132)(H,109,133)(H,110,144)(H,111,145)(H,112,138)(H,113,139)(H,114,148)(H,115,140)(H,116,142)(H,129,130)(H,149,150)/t38-,39-,40-,41-,42+,43+,44-,45-,46-,47-,48-,49-,50-,51-,52-,53-,54-,65-,66-,67-,68-,69-/m0/s1. The normalized spacial score (nSPS) is 15.5. The van der Waals surface area contributed by atoms with Crippen molar-refractivity contribution >= 4 is 171 Å². The monoisotopic (exact) mass is 2140 g/mol. The van der Waals surface area contributed by atoms with Gasteiger partial charge in [-0.25, -0.2) is 4.79 Å². The zero-order chi connectivity index (χ0) is 115. The quantitative estimate of drug-likeness (QED) is 0.0269. The Morgan fingerprint density at radius 2 is 0.507 bits per heavy atom. The summed E-state index contributed by atoms with van der Waals surface area (Å²) in [6.45, 7) is 14.8. The molecule has 0 aromatic heterocycles. The second-order valence-corrected chi connectivity index (χ2v) is 36.8. The van der Waals surface area contributed by atoms with Gasteiger partial charge in [0.05, 0.1) is 37.8 Å². The van der Waals surface area contributed by atoms with E-state index in [2.05, 4.69) is 101 Å². The zero-order valence-corrected chi connectivity index (χ0v) is 85.6. The van der Waals surface area contributed by atoms with Crippen LogP contribution in [0.5, 0.6) is 0 Å². The maximum atomic E-state index is 14.4. The predicted molar refractivity (Wildman–Crippen MR) is 519 cm³/mol. The molecule has 62 nitrogen and oxygen atoms in total. The molecule has 27 amide bonds. The average Bonchev–Trinajstić information content (AvgIpc) is 0.832. The molecule has 22 atom stereocenters. The Bertz CT molecular complexity index is 4810. The first-order valence-corrected chi connectivity index (χ1v) is 47.8. The molecule has 0 aromatic carbocycles. The van der Waals surface area contributed by atoms with E-state index in [0.717, 1.165) is 27.7 Å². The Balaban J connectivity index is 6.88. The van der Waals surface area contributed by atoms with Gasteiger partial charge in [-0.15, -0.1) is 0 Å². The minimum Gasteiger partial charge on any atom is -0.481 e. The van der Waals surface area contributed by atoms with Crippen LogP contribution in [0, 0.1) is 23.7 Å². The van der Waals surface area contributed by atoms with E-state index in [-0.39, 0.29) is 25.7 Å². The van der Waals surface area contributed by atoms with Crippen molar-refractivity contribution in [2.24, 2.45) is 75.3 Å². The lowest BCUT2D eigenvalue weighted by Crippen LogP contribution is -2.63. The molecule has 0 unspecified atom stereocenters. The maximum absolute atomic E-state index is 14.4. The number of carbonyl (C=O) groups is 29. The number of aliphatic hydroxyl groups is 3. The van der Waals surface area contributed by atoms with Crippen molar-refractivity contribution in [3.63, 3.8) is 0 Å². The van der Waals surface area contributed by atoms with Gasteiger partial charge in [-0.05, 0) is 116 Å². The minimum absolute atomic E-state index is 0.0681. The van der Waals surface area contributed by atoms with Crippen LogP contribution in [0.3, 0.4) is 0 Å². The van der Waals surface area contributed by atoms with E-state index in [1.165, 1.54) is 41.5 Å². The van der Waals surface area contributed by atoms with Crippen LogP contribution < -0.4 is 153 Å². The average molecular weight is 2140 g/mol. The van der Waals surface area contributed by atoms with Crippen LogP contribution in [0.2, 0.25) is 0 Å². The third kappa shape index (κ3) is 52.2. The highest BCUT2D eigenvalue weighted by Crippen LogP contribution is 2.17. The van der Waals surface area contributed by atoms with Crippen molar-refractivity contribution < 1.29 is 165 Å². The highest BCUT2D eigenvalue weighted by molar-refractivity contribution is 6.03. The molecule has 0 fully saturated rings. The van der Waals surface area contributed by atoms with Gasteiger partial charge in [-0.2, -0.15) is 0 Å². The van der Waals surface area contributed by atoms with Crippen LogP contribution in [0.4, 0.5) is 0 Å². The van der Waals surface area contributed by atoms with Crippen LogP contribution >= 0.6 is 0 Å². The van der Waals surface area contributed by atoms with E-state index in [9.17, 15) is 159 Å². The van der Waals surface area contributed by atoms with Crippen molar-refractivity contribution in [2.45, 2.75) is 339 Å². The summed E-state index contributed by atoms with van der Waals surface area (Å²) in [5.74, 6) is -37.0. The van der Waals surface area contributed by atoms with Crippen LogP contribution in [-0.4, -0.2) is 337 Å². The van der Waals surface area contributed by atoms with Gasteiger partial charge < -0.3 is 178 Å². The number of hydrogen-bond donors (Lipinski definition) is 33. The fraction of sp³-hybridized carbons (Fsp3) is 0.670. The molecular weight excluding hydrogens is 1990 g/mol. The number of aliphatic hydroxyl groups excluding tert-OH is 3. The molecule has 0 aliphatic carbocycles. The molecule has 0 aromatic rings. The van der Waals surface area contributed by atoms with E-state index in [4.69, 9.17) is 56.7 Å². The van der Waals surface area contributed by atoms with Crippen LogP contribution in [-0.2, 0) is 139 Å². The number of carbonyl (C=O) groups excluding carboxylic acids is 27. The molecule has 62 heteroatoms. The second kappa shape index (κ2) is 67.4. The molecule has 42 N–H and O–H groups in total. The van der Waals surface area contributed by atoms with Gasteiger partial charge in [0.25, 0.3) is 0 Å². The van der Waals surface area contributed by atoms with Gasteiger partial charge in [0.2, 0.25) is 159 Å². The van der Waals surface area contributed by atoms with Gasteiger partial charge in [0.1, 0.15) is 109 Å². The number of nitrogens with one attached hydrogen (secondary N) is 19. The Morgan fingerprint density at radius 1 is 0.253 bits per heavy atom. The third-order valence-corrected chi connectivity index (χ3v) is 22.5. The van der Waals surface area contributed by atoms with E-state index in [0.29, 0.717) is 0 Å². The smallest absolute Gasteiger partial charge is 0.326 e. The van der Waals surface area contributed by atoms with Gasteiger partial charge in [0.15, 0.2) is 0 Å². The van der Waals surface area contributed by atoms with E-state index in [1.54, 1.807) is 20.8 Å². The molecule has 0 rings (SSSR count). The first-order chi connectivity index (χ1) is 69.6. The number of rotatable bonds is 74. The summed E-state index contributed by atoms with van der Waals surface area (Å²) in [5.41, 5.74) is 48.6. The molecule has 0 heterocycles. The number of primary amides is 8. The van der Waals surface area contributed by atoms with Crippen LogP contribution in [0.1, 0.15) is 212 Å². The number of carboxylic acid groups (broad SMARTS) is 2. The summed E-state index contributed by atoms with van der Waals surface area (Å²) >= 11 is 0. The Hall–Kier alpha value is -15.5. The van der Waals surface area contributed by atoms with E-state index in [1.807, 2.05) is 0 Å². The Kier molecular flexibility index (Phi) is 60.4. The summed E-state index contributed by atoms with van der Waals surface area (Å²) in [6.07, 6.45) is -13.9. The summed E-state index contributed by atoms with van der Waals surface area (Å²) < 4.78 is 0. The summed E-state index contributed by atoms with van der Waals surface area (Å²) in [6, 6.07) is -33.3. The number of aliphatic carboxylic acids is 2. The summed E-state index contributed by atoms with van der Waals surface area (Å²) in [7, 11) is 0. The van der Waals surface area contributed by atoms with E-state index < -0.39 is 432 Å². The summed E-state index contributed by atoms with van der Waals surface area (Å²) in [4.78, 5) is 383.